The maximum atomic E-state index is 12.3. The zero-order valence-corrected chi connectivity index (χ0v) is 15.2. The highest BCUT2D eigenvalue weighted by atomic mass is 35.5. The second-order valence-electron chi connectivity index (χ2n) is 4.98. The first-order chi connectivity index (χ1) is 11.6. The molecule has 7 heteroatoms. The number of anilines is 1. The minimum absolute atomic E-state index is 0.0948. The number of rotatable bonds is 5. The van der Waals surface area contributed by atoms with E-state index in [1.54, 1.807) is 12.1 Å². The van der Waals surface area contributed by atoms with Crippen molar-refractivity contribution in [3.63, 3.8) is 0 Å². The van der Waals surface area contributed by atoms with Gasteiger partial charge in [0.1, 0.15) is 5.01 Å². The minimum Gasteiger partial charge on any atom is -0.300 e. The lowest BCUT2D eigenvalue weighted by Gasteiger charge is -2.09. The van der Waals surface area contributed by atoms with E-state index in [1.807, 2.05) is 49.4 Å². The van der Waals surface area contributed by atoms with Crippen LogP contribution in [0.15, 0.2) is 59.5 Å². The summed E-state index contributed by atoms with van der Waals surface area (Å²) in [6.45, 7) is 1.87. The van der Waals surface area contributed by atoms with Crippen LogP contribution in [0.25, 0.3) is 10.6 Å². The Morgan fingerprint density at radius 3 is 2.54 bits per heavy atom. The third kappa shape index (κ3) is 4.35. The van der Waals surface area contributed by atoms with Gasteiger partial charge in [0.15, 0.2) is 0 Å². The van der Waals surface area contributed by atoms with E-state index in [-0.39, 0.29) is 11.2 Å². The van der Waals surface area contributed by atoms with Crippen LogP contribution in [0, 0.1) is 0 Å². The van der Waals surface area contributed by atoms with Gasteiger partial charge in [0.05, 0.1) is 5.25 Å². The van der Waals surface area contributed by atoms with Gasteiger partial charge >= 0.3 is 0 Å². The number of carbonyl (C=O) groups is 1. The van der Waals surface area contributed by atoms with Crippen LogP contribution in [0.2, 0.25) is 5.02 Å². The van der Waals surface area contributed by atoms with Crippen LogP contribution in [0.1, 0.15) is 6.92 Å². The molecule has 122 valence electrons. The first-order valence-electron chi connectivity index (χ1n) is 7.24. The molecule has 1 aromatic heterocycles. The maximum absolute atomic E-state index is 12.3. The Morgan fingerprint density at radius 2 is 1.83 bits per heavy atom. The number of carbonyl (C=O) groups excluding carboxylic acids is 1. The Hall–Kier alpha value is -1.89. The fourth-order valence-corrected chi connectivity index (χ4v) is 3.71. The maximum Gasteiger partial charge on any atom is 0.239 e. The van der Waals surface area contributed by atoms with Gasteiger partial charge in [-0.3, -0.25) is 10.1 Å². The van der Waals surface area contributed by atoms with Crippen molar-refractivity contribution in [2.45, 2.75) is 17.1 Å². The van der Waals surface area contributed by atoms with Crippen LogP contribution in [0.5, 0.6) is 0 Å². The molecule has 4 nitrogen and oxygen atoms in total. The number of nitrogens with one attached hydrogen (secondary N) is 1. The van der Waals surface area contributed by atoms with Crippen LogP contribution in [0.4, 0.5) is 5.13 Å². The molecule has 3 aromatic rings. The Bertz CT molecular complexity index is 821. The first-order valence-corrected chi connectivity index (χ1v) is 9.31. The first kappa shape index (κ1) is 17.0. The smallest absolute Gasteiger partial charge is 0.239 e. The van der Waals surface area contributed by atoms with Crippen LogP contribution in [-0.2, 0) is 4.79 Å². The average molecular weight is 376 g/mol. The van der Waals surface area contributed by atoms with Gasteiger partial charge in [0, 0.05) is 15.5 Å². The van der Waals surface area contributed by atoms with Crippen molar-refractivity contribution in [1.82, 2.24) is 10.2 Å². The lowest BCUT2D eigenvalue weighted by atomic mass is 10.2. The second kappa shape index (κ2) is 7.79. The summed E-state index contributed by atoms with van der Waals surface area (Å²) in [6, 6.07) is 17.2. The molecule has 0 saturated carbocycles. The van der Waals surface area contributed by atoms with Gasteiger partial charge in [0.2, 0.25) is 11.0 Å². The number of thioether (sulfide) groups is 1. The largest absolute Gasteiger partial charge is 0.300 e. The van der Waals surface area contributed by atoms with E-state index < -0.39 is 0 Å². The molecule has 1 heterocycles. The van der Waals surface area contributed by atoms with Crippen molar-refractivity contribution in [3.8, 4) is 10.6 Å². The molecule has 3 rings (SSSR count). The molecule has 1 amide bonds. The van der Waals surface area contributed by atoms with Gasteiger partial charge in [0.25, 0.3) is 0 Å². The average Bonchev–Trinajstić information content (AvgIpc) is 3.05. The standard InChI is InChI=1S/C17H14ClN3OS2/c1-11(23-14-5-3-2-4-6-14)15(22)19-17-21-20-16(24-17)12-7-9-13(18)10-8-12/h2-11H,1H3,(H,19,21,22). The minimum atomic E-state index is -0.227. The lowest BCUT2D eigenvalue weighted by Crippen LogP contribution is -2.22. The summed E-state index contributed by atoms with van der Waals surface area (Å²) in [7, 11) is 0. The predicted octanol–water partition coefficient (Wildman–Crippen LogP) is 4.98. The number of hydrogen-bond donors (Lipinski definition) is 1. The Balaban J connectivity index is 1.63. The fourth-order valence-electron chi connectivity index (χ4n) is 1.95. The number of hydrogen-bond acceptors (Lipinski definition) is 5. The molecule has 0 saturated heterocycles. The van der Waals surface area contributed by atoms with Crippen molar-refractivity contribution >= 4 is 45.7 Å². The van der Waals surface area contributed by atoms with Crippen LogP contribution in [0.3, 0.4) is 0 Å². The quantitative estimate of drug-likeness (QED) is 0.639. The summed E-state index contributed by atoms with van der Waals surface area (Å²) in [4.78, 5) is 13.4. The van der Waals surface area contributed by atoms with Crippen LogP contribution < -0.4 is 5.32 Å². The van der Waals surface area contributed by atoms with Crippen molar-refractivity contribution < 1.29 is 4.79 Å². The third-order valence-electron chi connectivity index (χ3n) is 3.17. The second-order valence-corrected chi connectivity index (χ2v) is 7.81. The van der Waals surface area contributed by atoms with E-state index in [9.17, 15) is 4.79 Å². The summed E-state index contributed by atoms with van der Waals surface area (Å²) >= 11 is 8.73. The van der Waals surface area contributed by atoms with Crippen molar-refractivity contribution in [2.75, 3.05) is 5.32 Å². The molecule has 0 aliphatic rings. The van der Waals surface area contributed by atoms with E-state index in [0.29, 0.717) is 10.2 Å². The molecule has 0 bridgehead atoms. The Kier molecular flexibility index (Phi) is 5.50. The van der Waals surface area contributed by atoms with E-state index in [2.05, 4.69) is 15.5 Å². The summed E-state index contributed by atoms with van der Waals surface area (Å²) in [6.07, 6.45) is 0. The van der Waals surface area contributed by atoms with Gasteiger partial charge in [-0.05, 0) is 31.2 Å². The molecule has 0 aliphatic carbocycles. The van der Waals surface area contributed by atoms with Gasteiger partial charge in [-0.15, -0.1) is 22.0 Å². The van der Waals surface area contributed by atoms with Gasteiger partial charge in [-0.1, -0.05) is 53.3 Å². The van der Waals surface area contributed by atoms with Gasteiger partial charge in [-0.2, -0.15) is 0 Å². The zero-order chi connectivity index (χ0) is 16.9. The molecular formula is C17H14ClN3OS2. The normalized spacial score (nSPS) is 11.9. The fraction of sp³-hybridized carbons (Fsp3) is 0.118. The van der Waals surface area contributed by atoms with Gasteiger partial charge < -0.3 is 0 Å². The highest BCUT2D eigenvalue weighted by Crippen LogP contribution is 2.28. The number of amides is 1. The molecule has 24 heavy (non-hydrogen) atoms. The summed E-state index contributed by atoms with van der Waals surface area (Å²) < 4.78 is 0. The lowest BCUT2D eigenvalue weighted by molar-refractivity contribution is -0.115. The molecule has 0 aliphatic heterocycles. The number of benzene rings is 2. The van der Waals surface area contributed by atoms with Gasteiger partial charge in [-0.25, -0.2) is 0 Å². The predicted molar refractivity (Wildman–Crippen MR) is 101 cm³/mol. The number of nitrogens with zero attached hydrogens (tertiary/aromatic N) is 2. The zero-order valence-electron chi connectivity index (χ0n) is 12.8. The number of halogens is 1. The van der Waals surface area contributed by atoms with E-state index in [0.717, 1.165) is 15.5 Å². The molecule has 1 atom stereocenters. The van der Waals surface area contributed by atoms with Crippen molar-refractivity contribution in [3.05, 3.63) is 59.6 Å². The highest BCUT2D eigenvalue weighted by Gasteiger charge is 2.16. The molecule has 0 spiro atoms. The monoisotopic (exact) mass is 375 g/mol. The molecule has 0 radical (unpaired) electrons. The molecule has 1 unspecified atom stereocenters. The van der Waals surface area contributed by atoms with E-state index in [1.165, 1.54) is 23.1 Å². The highest BCUT2D eigenvalue weighted by molar-refractivity contribution is 8.00. The molecular weight excluding hydrogens is 362 g/mol. The van der Waals surface area contributed by atoms with Crippen molar-refractivity contribution in [1.29, 1.82) is 0 Å². The summed E-state index contributed by atoms with van der Waals surface area (Å²) in [5.41, 5.74) is 0.920. The topological polar surface area (TPSA) is 54.9 Å². The van der Waals surface area contributed by atoms with Crippen LogP contribution >= 0.6 is 34.7 Å². The third-order valence-corrected chi connectivity index (χ3v) is 5.42. The van der Waals surface area contributed by atoms with E-state index >= 15 is 0 Å². The number of aromatic nitrogens is 2. The van der Waals surface area contributed by atoms with E-state index in [4.69, 9.17) is 11.6 Å². The van der Waals surface area contributed by atoms with Crippen LogP contribution in [-0.4, -0.2) is 21.4 Å². The summed E-state index contributed by atoms with van der Waals surface area (Å²) in [5, 5.41) is 12.7. The summed E-state index contributed by atoms with van der Waals surface area (Å²) in [5.74, 6) is -0.0948. The molecule has 1 N–H and O–H groups in total. The Labute approximate surface area is 153 Å². The Morgan fingerprint density at radius 1 is 1.12 bits per heavy atom. The van der Waals surface area contributed by atoms with Crippen molar-refractivity contribution in [2.24, 2.45) is 0 Å². The molecule has 0 fully saturated rings. The SMILES string of the molecule is CC(Sc1ccccc1)C(=O)Nc1nnc(-c2ccc(Cl)cc2)s1. The molecule has 2 aromatic carbocycles.